The molecule has 0 bridgehead atoms. The number of pyridine rings is 1. The minimum atomic E-state index is -4.80. The summed E-state index contributed by atoms with van der Waals surface area (Å²) in [5.41, 5.74) is 5.21. The van der Waals surface area contributed by atoms with E-state index >= 15 is 0 Å². The van der Waals surface area contributed by atoms with Crippen molar-refractivity contribution in [2.45, 2.75) is 12.7 Å². The molecule has 1 aromatic carbocycles. The van der Waals surface area contributed by atoms with Gasteiger partial charge in [0.05, 0.1) is 18.3 Å². The third kappa shape index (κ3) is 5.17. The molecule has 0 spiro atoms. The highest BCUT2D eigenvalue weighted by atomic mass is 32.1. The van der Waals surface area contributed by atoms with Crippen molar-refractivity contribution in [3.63, 3.8) is 0 Å². The van der Waals surface area contributed by atoms with Gasteiger partial charge in [0.15, 0.2) is 5.11 Å². The van der Waals surface area contributed by atoms with Crippen LogP contribution in [-0.4, -0.2) is 21.3 Å². The van der Waals surface area contributed by atoms with Crippen LogP contribution in [0.5, 0.6) is 0 Å². The van der Waals surface area contributed by atoms with Crippen LogP contribution in [0, 0.1) is 5.82 Å². The number of nitrogens with two attached hydrogens (primary N) is 1. The number of alkyl halides is 3. The molecule has 0 aliphatic rings. The molecule has 0 aliphatic carbocycles. The van der Waals surface area contributed by atoms with E-state index in [1.807, 2.05) is 6.07 Å². The highest BCUT2D eigenvalue weighted by Crippen LogP contribution is 2.34. The van der Waals surface area contributed by atoms with Gasteiger partial charge in [-0.25, -0.2) is 9.40 Å². The largest absolute Gasteiger partial charge is 0.455 e. The fourth-order valence-electron chi connectivity index (χ4n) is 2.44. The summed E-state index contributed by atoms with van der Waals surface area (Å²) in [7, 11) is 0. The monoisotopic (exact) mass is 422 g/mol. The summed E-state index contributed by atoms with van der Waals surface area (Å²) in [6, 6.07) is 9.20. The Hall–Kier alpha value is -3.27. The molecule has 0 saturated heterocycles. The molecule has 2 heterocycles. The Kier molecular flexibility index (Phi) is 5.92. The molecular weight excluding hydrogens is 408 g/mol. The van der Waals surface area contributed by atoms with Crippen LogP contribution >= 0.6 is 12.2 Å². The van der Waals surface area contributed by atoms with Crippen molar-refractivity contribution in [2.75, 3.05) is 0 Å². The summed E-state index contributed by atoms with van der Waals surface area (Å²) < 4.78 is 57.6. The van der Waals surface area contributed by atoms with Gasteiger partial charge in [0.25, 0.3) is 0 Å². The normalized spacial score (nSPS) is 11.7. The second-order valence-corrected chi connectivity index (χ2v) is 6.31. The van der Waals surface area contributed by atoms with Gasteiger partial charge >= 0.3 is 6.18 Å². The number of rotatable bonds is 5. The van der Waals surface area contributed by atoms with E-state index in [1.54, 1.807) is 18.5 Å². The number of aromatic nitrogens is 1. The van der Waals surface area contributed by atoms with E-state index in [9.17, 15) is 17.6 Å². The standard InChI is InChI=1S/C19H14F4N4OS/c20-16-5-3-13(8-15(16)19(21,22)23)17-6-4-14(28-17)10-26-27(18(24)29)11-12-2-1-7-25-9-12/h1-10H,11H2,(H2,24,29). The van der Waals surface area contributed by atoms with Gasteiger partial charge in [-0.15, -0.1) is 0 Å². The SMILES string of the molecule is NC(=S)N(Cc1cccnc1)N=Cc1ccc(-c2ccc(F)c(C(F)(F)F)c2)o1. The summed E-state index contributed by atoms with van der Waals surface area (Å²) in [5.74, 6) is -0.964. The van der Waals surface area contributed by atoms with Gasteiger partial charge in [-0.1, -0.05) is 6.07 Å². The molecular formula is C19H14F4N4OS. The summed E-state index contributed by atoms with van der Waals surface area (Å²) in [5, 5.41) is 5.51. The van der Waals surface area contributed by atoms with E-state index in [1.165, 1.54) is 29.4 Å². The Bertz CT molecular complexity index is 1030. The molecule has 0 saturated carbocycles. The van der Waals surface area contributed by atoms with Crippen LogP contribution < -0.4 is 5.73 Å². The molecule has 5 nitrogen and oxygen atoms in total. The zero-order valence-electron chi connectivity index (χ0n) is 14.7. The van der Waals surface area contributed by atoms with Crippen molar-refractivity contribution < 1.29 is 22.0 Å². The van der Waals surface area contributed by atoms with E-state index in [2.05, 4.69) is 10.1 Å². The maximum absolute atomic E-state index is 13.4. The Labute approximate surface area is 168 Å². The zero-order chi connectivity index (χ0) is 21.0. The van der Waals surface area contributed by atoms with Crippen molar-refractivity contribution in [2.24, 2.45) is 10.8 Å². The number of benzene rings is 1. The number of halogens is 4. The molecule has 10 heteroatoms. The fourth-order valence-corrected chi connectivity index (χ4v) is 2.55. The Balaban J connectivity index is 1.80. The van der Waals surface area contributed by atoms with Crippen LogP contribution in [0.3, 0.4) is 0 Å². The van der Waals surface area contributed by atoms with E-state index in [4.69, 9.17) is 22.4 Å². The quantitative estimate of drug-likeness (QED) is 0.282. The van der Waals surface area contributed by atoms with Gasteiger partial charge in [0.2, 0.25) is 0 Å². The molecule has 0 aliphatic heterocycles. The molecule has 29 heavy (non-hydrogen) atoms. The van der Waals surface area contributed by atoms with Crippen LogP contribution in [0.4, 0.5) is 17.6 Å². The van der Waals surface area contributed by atoms with Crippen molar-refractivity contribution in [3.8, 4) is 11.3 Å². The van der Waals surface area contributed by atoms with E-state index in [0.29, 0.717) is 6.07 Å². The highest BCUT2D eigenvalue weighted by Gasteiger charge is 2.34. The molecule has 150 valence electrons. The number of furan rings is 1. The van der Waals surface area contributed by atoms with Gasteiger partial charge in [-0.3, -0.25) is 4.98 Å². The Morgan fingerprint density at radius 2 is 2.03 bits per heavy atom. The van der Waals surface area contributed by atoms with Gasteiger partial charge in [-0.2, -0.15) is 18.3 Å². The maximum atomic E-state index is 13.4. The number of nitrogens with zero attached hydrogens (tertiary/aromatic N) is 3. The first kappa shape index (κ1) is 20.5. The fraction of sp³-hybridized carbons (Fsp3) is 0.105. The molecule has 2 N–H and O–H groups in total. The van der Waals surface area contributed by atoms with Gasteiger partial charge < -0.3 is 10.2 Å². The second kappa shape index (κ2) is 8.39. The highest BCUT2D eigenvalue weighted by molar-refractivity contribution is 7.80. The van der Waals surface area contributed by atoms with Crippen LogP contribution in [0.1, 0.15) is 16.9 Å². The Morgan fingerprint density at radius 1 is 1.24 bits per heavy atom. The minimum absolute atomic E-state index is 0.0187. The molecule has 0 amide bonds. The predicted octanol–water partition coefficient (Wildman–Crippen LogP) is 4.58. The maximum Gasteiger partial charge on any atom is 0.419 e. The number of hydrogen-bond donors (Lipinski definition) is 1. The van der Waals surface area contributed by atoms with E-state index < -0.39 is 17.6 Å². The molecule has 0 radical (unpaired) electrons. The molecule has 3 rings (SSSR count). The molecule has 2 aromatic heterocycles. The van der Waals surface area contributed by atoms with Gasteiger partial charge in [0, 0.05) is 18.0 Å². The lowest BCUT2D eigenvalue weighted by Gasteiger charge is -2.16. The van der Waals surface area contributed by atoms with Crippen LogP contribution in [0.15, 0.2) is 64.4 Å². The number of thiocarbonyl (C=S) groups is 1. The lowest BCUT2D eigenvalue weighted by atomic mass is 10.1. The summed E-state index contributed by atoms with van der Waals surface area (Å²) in [4.78, 5) is 3.99. The van der Waals surface area contributed by atoms with Crippen molar-refractivity contribution in [1.82, 2.24) is 9.99 Å². The number of hydrogen-bond acceptors (Lipinski definition) is 4. The van der Waals surface area contributed by atoms with Crippen molar-refractivity contribution >= 4 is 23.5 Å². The van der Waals surface area contributed by atoms with Crippen LogP contribution in [0.25, 0.3) is 11.3 Å². The minimum Gasteiger partial charge on any atom is -0.455 e. The van der Waals surface area contributed by atoms with Gasteiger partial charge in [0.1, 0.15) is 17.3 Å². The zero-order valence-corrected chi connectivity index (χ0v) is 15.5. The third-order valence-corrected chi connectivity index (χ3v) is 4.03. The predicted molar refractivity (Wildman–Crippen MR) is 103 cm³/mol. The summed E-state index contributed by atoms with van der Waals surface area (Å²) in [6.45, 7) is 0.278. The topological polar surface area (TPSA) is 67.7 Å². The third-order valence-electron chi connectivity index (χ3n) is 3.82. The van der Waals surface area contributed by atoms with Crippen molar-refractivity contribution in [1.29, 1.82) is 0 Å². The summed E-state index contributed by atoms with van der Waals surface area (Å²) in [6.07, 6.45) is -0.214. The average Bonchev–Trinajstić information content (AvgIpc) is 3.14. The molecule has 0 atom stereocenters. The average molecular weight is 422 g/mol. The van der Waals surface area contributed by atoms with Gasteiger partial charge in [-0.05, 0) is 54.2 Å². The van der Waals surface area contributed by atoms with Crippen molar-refractivity contribution in [3.05, 3.63) is 77.6 Å². The van der Waals surface area contributed by atoms with Crippen LogP contribution in [-0.2, 0) is 12.7 Å². The lowest BCUT2D eigenvalue weighted by Crippen LogP contribution is -2.30. The molecule has 3 aromatic rings. The lowest BCUT2D eigenvalue weighted by molar-refractivity contribution is -0.139. The van der Waals surface area contributed by atoms with E-state index in [-0.39, 0.29) is 28.7 Å². The Morgan fingerprint density at radius 3 is 2.69 bits per heavy atom. The first-order chi connectivity index (χ1) is 13.7. The molecule has 0 unspecified atom stereocenters. The smallest absolute Gasteiger partial charge is 0.419 e. The van der Waals surface area contributed by atoms with Crippen LogP contribution in [0.2, 0.25) is 0 Å². The molecule has 0 fully saturated rings. The number of hydrazone groups is 1. The van der Waals surface area contributed by atoms with E-state index in [0.717, 1.165) is 11.6 Å². The summed E-state index contributed by atoms with van der Waals surface area (Å²) >= 11 is 4.97. The second-order valence-electron chi connectivity index (χ2n) is 5.90. The first-order valence-electron chi connectivity index (χ1n) is 8.21. The first-order valence-corrected chi connectivity index (χ1v) is 8.61.